The molecule has 0 aromatic rings. The van der Waals surface area contributed by atoms with E-state index in [1.165, 1.54) is 0 Å². The van der Waals surface area contributed by atoms with Crippen molar-refractivity contribution >= 4 is 22.9 Å². The molecular formula is C8H10N2O2S. The number of hydrogen-bond acceptors (Lipinski definition) is 3. The third kappa shape index (κ3) is 2.67. The van der Waals surface area contributed by atoms with Crippen molar-refractivity contribution in [1.82, 2.24) is 10.6 Å². The summed E-state index contributed by atoms with van der Waals surface area (Å²) in [6.07, 6.45) is 5.09. The van der Waals surface area contributed by atoms with Gasteiger partial charge in [-0.15, -0.1) is 6.42 Å². The Labute approximate surface area is 80.8 Å². The maximum absolute atomic E-state index is 11.3. The second-order valence-electron chi connectivity index (χ2n) is 2.69. The first-order valence-electron chi connectivity index (χ1n) is 3.83. The van der Waals surface area contributed by atoms with Gasteiger partial charge in [0.15, 0.2) is 0 Å². The van der Waals surface area contributed by atoms with Gasteiger partial charge in [0.2, 0.25) is 5.91 Å². The first kappa shape index (κ1) is 9.93. The highest BCUT2D eigenvalue weighted by Crippen LogP contribution is 2.12. The first-order valence-corrected chi connectivity index (χ1v) is 4.82. The van der Waals surface area contributed by atoms with Crippen molar-refractivity contribution < 1.29 is 9.59 Å². The molecule has 13 heavy (non-hydrogen) atoms. The monoisotopic (exact) mass is 198 g/mol. The minimum absolute atomic E-state index is 0.159. The van der Waals surface area contributed by atoms with Crippen LogP contribution in [0, 0.1) is 12.3 Å². The molecular weight excluding hydrogens is 188 g/mol. The molecule has 1 rings (SSSR count). The molecule has 0 aromatic heterocycles. The SMILES string of the molecule is C#CC(C)NC(=O)C1CSC(=O)N1. The molecule has 1 aliphatic rings. The van der Waals surface area contributed by atoms with Crippen LogP contribution in [0.5, 0.6) is 0 Å². The van der Waals surface area contributed by atoms with Gasteiger partial charge in [-0.1, -0.05) is 17.7 Å². The quantitative estimate of drug-likeness (QED) is 0.612. The summed E-state index contributed by atoms with van der Waals surface area (Å²) >= 11 is 1.11. The van der Waals surface area contributed by atoms with Crippen LogP contribution in [0.15, 0.2) is 0 Å². The highest BCUT2D eigenvalue weighted by molar-refractivity contribution is 8.14. The van der Waals surface area contributed by atoms with Crippen LogP contribution in [0.3, 0.4) is 0 Å². The Morgan fingerprint density at radius 3 is 3.08 bits per heavy atom. The molecule has 1 fully saturated rings. The van der Waals surface area contributed by atoms with Crippen molar-refractivity contribution in [3.63, 3.8) is 0 Å². The summed E-state index contributed by atoms with van der Waals surface area (Å²) < 4.78 is 0. The van der Waals surface area contributed by atoms with Gasteiger partial charge in [0, 0.05) is 5.75 Å². The Kier molecular flexibility index (Phi) is 3.20. The minimum atomic E-state index is -0.437. The zero-order chi connectivity index (χ0) is 9.84. The van der Waals surface area contributed by atoms with E-state index in [-0.39, 0.29) is 17.2 Å². The molecule has 1 heterocycles. The van der Waals surface area contributed by atoms with E-state index in [0.29, 0.717) is 5.75 Å². The fourth-order valence-electron chi connectivity index (χ4n) is 0.881. The van der Waals surface area contributed by atoms with Crippen LogP contribution < -0.4 is 10.6 Å². The second-order valence-corrected chi connectivity index (χ2v) is 3.69. The normalized spacial score (nSPS) is 23.1. The van der Waals surface area contributed by atoms with Crippen molar-refractivity contribution in [2.24, 2.45) is 0 Å². The van der Waals surface area contributed by atoms with E-state index in [2.05, 4.69) is 16.6 Å². The van der Waals surface area contributed by atoms with Crippen LogP contribution in [-0.2, 0) is 4.79 Å². The zero-order valence-corrected chi connectivity index (χ0v) is 7.98. The van der Waals surface area contributed by atoms with Crippen LogP contribution in [0.25, 0.3) is 0 Å². The van der Waals surface area contributed by atoms with Crippen molar-refractivity contribution in [3.05, 3.63) is 0 Å². The summed E-state index contributed by atoms with van der Waals surface area (Å²) in [6, 6.07) is -0.733. The van der Waals surface area contributed by atoms with E-state index in [1.807, 2.05) is 0 Å². The molecule has 0 saturated carbocycles. The number of hydrogen-bond donors (Lipinski definition) is 2. The second kappa shape index (κ2) is 4.19. The maximum atomic E-state index is 11.3. The van der Waals surface area contributed by atoms with Crippen LogP contribution >= 0.6 is 11.8 Å². The van der Waals surface area contributed by atoms with E-state index in [4.69, 9.17) is 6.42 Å². The number of nitrogens with one attached hydrogen (secondary N) is 2. The van der Waals surface area contributed by atoms with Gasteiger partial charge in [-0.05, 0) is 6.92 Å². The average Bonchev–Trinajstić information content (AvgIpc) is 2.51. The number of amides is 2. The topological polar surface area (TPSA) is 58.2 Å². The summed E-state index contributed by atoms with van der Waals surface area (Å²) in [6.45, 7) is 1.71. The third-order valence-corrected chi connectivity index (χ3v) is 2.48. The lowest BCUT2D eigenvalue weighted by atomic mass is 10.3. The Morgan fingerprint density at radius 1 is 1.92 bits per heavy atom. The summed E-state index contributed by atoms with van der Waals surface area (Å²) in [5.74, 6) is 2.63. The fourth-order valence-corrected chi connectivity index (χ4v) is 1.66. The summed E-state index contributed by atoms with van der Waals surface area (Å²) in [5.41, 5.74) is 0. The maximum Gasteiger partial charge on any atom is 0.279 e. The van der Waals surface area contributed by atoms with Gasteiger partial charge >= 0.3 is 0 Å². The van der Waals surface area contributed by atoms with Crippen molar-refractivity contribution in [3.8, 4) is 12.3 Å². The summed E-state index contributed by atoms with van der Waals surface area (Å²) in [4.78, 5) is 22.1. The molecule has 0 aliphatic carbocycles. The lowest BCUT2D eigenvalue weighted by molar-refractivity contribution is -0.122. The Balaban J connectivity index is 2.41. The molecule has 4 nitrogen and oxygen atoms in total. The molecule has 2 atom stereocenters. The molecule has 1 saturated heterocycles. The Hall–Kier alpha value is -1.15. The first-order chi connectivity index (χ1) is 6.13. The lowest BCUT2D eigenvalue weighted by Crippen LogP contribution is -2.45. The molecule has 2 N–H and O–H groups in total. The average molecular weight is 198 g/mol. The predicted molar refractivity (Wildman–Crippen MR) is 51.2 cm³/mol. The van der Waals surface area contributed by atoms with E-state index in [9.17, 15) is 9.59 Å². The Morgan fingerprint density at radius 2 is 2.62 bits per heavy atom. The Bertz CT molecular complexity index is 272. The zero-order valence-electron chi connectivity index (χ0n) is 7.16. The van der Waals surface area contributed by atoms with Gasteiger partial charge in [0.25, 0.3) is 5.24 Å². The molecule has 0 radical (unpaired) electrons. The van der Waals surface area contributed by atoms with Crippen molar-refractivity contribution in [2.75, 3.05) is 5.75 Å². The smallest absolute Gasteiger partial charge is 0.279 e. The summed E-state index contributed by atoms with van der Waals surface area (Å²) in [7, 11) is 0. The number of thioether (sulfide) groups is 1. The van der Waals surface area contributed by atoms with E-state index < -0.39 is 6.04 Å². The molecule has 2 unspecified atom stereocenters. The van der Waals surface area contributed by atoms with Crippen LogP contribution in [0.2, 0.25) is 0 Å². The van der Waals surface area contributed by atoms with E-state index in [1.54, 1.807) is 6.92 Å². The third-order valence-electron chi connectivity index (χ3n) is 1.60. The molecule has 0 spiro atoms. The highest BCUT2D eigenvalue weighted by Gasteiger charge is 2.28. The standard InChI is InChI=1S/C8H10N2O2S/c1-3-5(2)9-7(11)6-4-13-8(12)10-6/h1,5-6H,4H2,2H3,(H,9,11)(H,10,12). The lowest BCUT2D eigenvalue weighted by Gasteiger charge is -2.11. The van der Waals surface area contributed by atoms with Gasteiger partial charge < -0.3 is 10.6 Å². The van der Waals surface area contributed by atoms with E-state index in [0.717, 1.165) is 11.8 Å². The highest BCUT2D eigenvalue weighted by atomic mass is 32.2. The number of rotatable bonds is 2. The van der Waals surface area contributed by atoms with Crippen LogP contribution in [-0.4, -0.2) is 29.0 Å². The largest absolute Gasteiger partial charge is 0.341 e. The van der Waals surface area contributed by atoms with Crippen LogP contribution in [0.4, 0.5) is 4.79 Å². The molecule has 0 bridgehead atoms. The van der Waals surface area contributed by atoms with Crippen LogP contribution in [0.1, 0.15) is 6.92 Å². The number of carbonyl (C=O) groups is 2. The predicted octanol–water partition coefficient (Wildman–Crippen LogP) is -0.0507. The van der Waals surface area contributed by atoms with Crippen molar-refractivity contribution in [2.45, 2.75) is 19.0 Å². The molecule has 70 valence electrons. The van der Waals surface area contributed by atoms with Crippen molar-refractivity contribution in [1.29, 1.82) is 0 Å². The number of carbonyl (C=O) groups excluding carboxylic acids is 2. The fraction of sp³-hybridized carbons (Fsp3) is 0.500. The molecule has 5 heteroatoms. The molecule has 2 amide bonds. The molecule has 0 aromatic carbocycles. The van der Waals surface area contributed by atoms with Gasteiger partial charge in [0.1, 0.15) is 6.04 Å². The van der Waals surface area contributed by atoms with Gasteiger partial charge in [-0.3, -0.25) is 9.59 Å². The minimum Gasteiger partial charge on any atom is -0.341 e. The van der Waals surface area contributed by atoms with Gasteiger partial charge in [0.05, 0.1) is 6.04 Å². The van der Waals surface area contributed by atoms with E-state index >= 15 is 0 Å². The van der Waals surface area contributed by atoms with Gasteiger partial charge in [-0.25, -0.2) is 0 Å². The molecule has 1 aliphatic heterocycles. The van der Waals surface area contributed by atoms with Gasteiger partial charge in [-0.2, -0.15) is 0 Å². The number of terminal acetylenes is 1. The summed E-state index contributed by atoms with van der Waals surface area (Å²) in [5, 5.41) is 4.96.